The zero-order chi connectivity index (χ0) is 17.3. The van der Waals surface area contributed by atoms with Crippen LogP contribution in [0.3, 0.4) is 0 Å². The van der Waals surface area contributed by atoms with E-state index in [9.17, 15) is 0 Å². The van der Waals surface area contributed by atoms with Gasteiger partial charge < -0.3 is 19.9 Å². The van der Waals surface area contributed by atoms with Gasteiger partial charge in [-0.05, 0) is 39.2 Å². The van der Waals surface area contributed by atoms with E-state index in [2.05, 4.69) is 32.1 Å². The highest BCUT2D eigenvalue weighted by atomic mass is 127. The maximum Gasteiger partial charge on any atom is 0.191 e. The number of hydrogen-bond acceptors (Lipinski definition) is 5. The summed E-state index contributed by atoms with van der Waals surface area (Å²) < 4.78 is 7.39. The smallest absolute Gasteiger partial charge is 0.191 e. The van der Waals surface area contributed by atoms with Crippen molar-refractivity contribution in [1.82, 2.24) is 25.4 Å². The highest BCUT2D eigenvalue weighted by Gasteiger charge is 2.16. The zero-order valence-corrected chi connectivity index (χ0v) is 18.7. The molecule has 0 aliphatic heterocycles. The molecule has 24 heavy (non-hydrogen) atoms. The maximum absolute atomic E-state index is 5.44. The fraction of sp³-hybridized carbons (Fsp3) is 0.800. The second kappa shape index (κ2) is 11.9. The second-order valence-electron chi connectivity index (χ2n) is 5.98. The van der Waals surface area contributed by atoms with Crippen molar-refractivity contribution < 1.29 is 4.74 Å². The summed E-state index contributed by atoms with van der Waals surface area (Å²) in [7, 11) is 3.67. The van der Waals surface area contributed by atoms with Crippen molar-refractivity contribution in [1.29, 1.82) is 0 Å². The first-order chi connectivity index (χ1) is 10.9. The van der Waals surface area contributed by atoms with Crippen molar-refractivity contribution >= 4 is 41.7 Å². The molecule has 0 aliphatic rings. The molecule has 140 valence electrons. The Morgan fingerprint density at radius 2 is 2.04 bits per heavy atom. The molecule has 0 amide bonds. The van der Waals surface area contributed by atoms with Crippen molar-refractivity contribution in [2.75, 3.05) is 32.2 Å². The van der Waals surface area contributed by atoms with Gasteiger partial charge in [-0.15, -0.1) is 34.2 Å². The van der Waals surface area contributed by atoms with Crippen LogP contribution >= 0.6 is 35.7 Å². The lowest BCUT2D eigenvalue weighted by molar-refractivity contribution is 0.0268. The minimum absolute atomic E-state index is 0. The molecule has 7 nitrogen and oxygen atoms in total. The molecule has 0 radical (unpaired) electrons. The summed E-state index contributed by atoms with van der Waals surface area (Å²) in [5.41, 5.74) is -0.247. The lowest BCUT2D eigenvalue weighted by atomic mass is 10.1. The predicted octanol–water partition coefficient (Wildman–Crippen LogP) is 1.95. The Morgan fingerprint density at radius 3 is 2.58 bits per heavy atom. The van der Waals surface area contributed by atoms with Crippen molar-refractivity contribution in [3.63, 3.8) is 0 Å². The van der Waals surface area contributed by atoms with Crippen LogP contribution in [0.25, 0.3) is 0 Å². The number of aliphatic imine (C=N–C) groups is 1. The van der Waals surface area contributed by atoms with E-state index in [1.54, 1.807) is 7.11 Å². The average Bonchev–Trinajstić information content (AvgIpc) is 2.85. The molecular weight excluding hydrogens is 439 g/mol. The summed E-state index contributed by atoms with van der Waals surface area (Å²) in [6.07, 6.45) is 3.21. The highest BCUT2D eigenvalue weighted by molar-refractivity contribution is 14.0. The third kappa shape index (κ3) is 8.52. The number of methoxy groups -OCH3 is 1. The van der Waals surface area contributed by atoms with Crippen molar-refractivity contribution in [2.45, 2.75) is 39.3 Å². The van der Waals surface area contributed by atoms with E-state index >= 15 is 0 Å². The second-order valence-corrected chi connectivity index (χ2v) is 6.96. The van der Waals surface area contributed by atoms with Gasteiger partial charge in [0.15, 0.2) is 11.8 Å². The van der Waals surface area contributed by atoms with Crippen LogP contribution in [-0.4, -0.2) is 58.5 Å². The maximum atomic E-state index is 5.44. The molecule has 0 atom stereocenters. The number of thioether (sulfide) groups is 1. The Balaban J connectivity index is 0.00000529. The van der Waals surface area contributed by atoms with Gasteiger partial charge >= 0.3 is 0 Å². The van der Waals surface area contributed by atoms with Gasteiger partial charge in [-0.2, -0.15) is 11.8 Å². The zero-order valence-electron chi connectivity index (χ0n) is 15.5. The normalized spacial score (nSPS) is 12.0. The number of halogens is 1. The van der Waals surface area contributed by atoms with Crippen LogP contribution < -0.4 is 10.6 Å². The summed E-state index contributed by atoms with van der Waals surface area (Å²) >= 11 is 1.85. The number of aryl methyl sites for hydroxylation is 1. The fourth-order valence-electron chi connectivity index (χ4n) is 1.70. The number of ether oxygens (including phenoxy) is 1. The largest absolute Gasteiger partial charge is 0.377 e. The molecule has 1 aromatic rings. The van der Waals surface area contributed by atoms with Gasteiger partial charge in [0.25, 0.3) is 0 Å². The number of rotatable bonds is 9. The molecule has 1 aromatic heterocycles. The molecule has 0 bridgehead atoms. The molecule has 0 fully saturated rings. The lowest BCUT2D eigenvalue weighted by Gasteiger charge is -2.24. The Hall–Kier alpha value is -0.550. The summed E-state index contributed by atoms with van der Waals surface area (Å²) in [6, 6.07) is 0. The Morgan fingerprint density at radius 1 is 1.33 bits per heavy atom. The number of hydrogen-bond donors (Lipinski definition) is 2. The van der Waals surface area contributed by atoms with Crippen LogP contribution in [-0.2, 0) is 18.3 Å². The lowest BCUT2D eigenvalue weighted by Crippen LogP contribution is -2.45. The van der Waals surface area contributed by atoms with Crippen LogP contribution in [0.4, 0.5) is 0 Å². The van der Waals surface area contributed by atoms with Crippen molar-refractivity contribution in [2.24, 2.45) is 12.0 Å². The van der Waals surface area contributed by atoms with Crippen LogP contribution in [0.15, 0.2) is 4.99 Å². The Labute approximate surface area is 166 Å². The van der Waals surface area contributed by atoms with Gasteiger partial charge in [0, 0.05) is 27.2 Å². The van der Waals surface area contributed by atoms with E-state index in [-0.39, 0.29) is 29.6 Å². The monoisotopic (exact) mass is 470 g/mol. The van der Waals surface area contributed by atoms with Crippen LogP contribution in [0.5, 0.6) is 0 Å². The van der Waals surface area contributed by atoms with Crippen molar-refractivity contribution in [3.05, 3.63) is 11.6 Å². The van der Waals surface area contributed by atoms with Crippen LogP contribution in [0, 0.1) is 6.92 Å². The summed E-state index contributed by atoms with van der Waals surface area (Å²) in [6.45, 7) is 8.06. The number of nitrogens with zero attached hydrogens (tertiary/aromatic N) is 4. The molecule has 9 heteroatoms. The Kier molecular flexibility index (Phi) is 11.6. The Bertz CT molecular complexity index is 506. The van der Waals surface area contributed by atoms with E-state index in [4.69, 9.17) is 4.74 Å². The summed E-state index contributed by atoms with van der Waals surface area (Å²) in [4.78, 5) is 4.61. The first-order valence-corrected chi connectivity index (χ1v) is 9.20. The third-order valence-corrected chi connectivity index (χ3v) is 4.31. The van der Waals surface area contributed by atoms with E-state index in [1.807, 2.05) is 44.1 Å². The molecule has 0 unspecified atom stereocenters. The molecule has 1 rings (SSSR count). The summed E-state index contributed by atoms with van der Waals surface area (Å²) in [5, 5.41) is 14.9. The number of aromatic nitrogens is 3. The SMILES string of the molecule is COC(C)(C)CNC(=NCc1nnc(C)n1C)NCCCSC.I. The van der Waals surface area contributed by atoms with E-state index < -0.39 is 0 Å². The van der Waals surface area contributed by atoms with Gasteiger partial charge in [0.05, 0.1) is 5.60 Å². The molecule has 2 N–H and O–H groups in total. The molecule has 0 aliphatic carbocycles. The van der Waals surface area contributed by atoms with Crippen molar-refractivity contribution in [3.8, 4) is 0 Å². The van der Waals surface area contributed by atoms with Crippen LogP contribution in [0.1, 0.15) is 31.9 Å². The van der Waals surface area contributed by atoms with E-state index in [1.165, 1.54) is 0 Å². The third-order valence-electron chi connectivity index (χ3n) is 3.61. The first kappa shape index (κ1) is 23.4. The highest BCUT2D eigenvalue weighted by Crippen LogP contribution is 2.05. The van der Waals surface area contributed by atoms with Gasteiger partial charge in [-0.1, -0.05) is 0 Å². The average molecular weight is 470 g/mol. The molecule has 0 saturated heterocycles. The van der Waals surface area contributed by atoms with E-state index in [0.29, 0.717) is 13.1 Å². The van der Waals surface area contributed by atoms with Gasteiger partial charge in [0.2, 0.25) is 0 Å². The first-order valence-electron chi connectivity index (χ1n) is 7.80. The molecular formula is C15H31IN6OS. The molecule has 0 spiro atoms. The fourth-order valence-corrected chi connectivity index (χ4v) is 2.14. The molecule has 0 saturated carbocycles. The quantitative estimate of drug-likeness (QED) is 0.249. The molecule has 1 heterocycles. The molecule has 0 aromatic carbocycles. The number of guanidine groups is 1. The topological polar surface area (TPSA) is 76.4 Å². The van der Waals surface area contributed by atoms with Crippen LogP contribution in [0.2, 0.25) is 0 Å². The van der Waals surface area contributed by atoms with E-state index in [0.717, 1.165) is 36.3 Å². The number of nitrogens with one attached hydrogen (secondary N) is 2. The van der Waals surface area contributed by atoms with Gasteiger partial charge in [-0.3, -0.25) is 0 Å². The van der Waals surface area contributed by atoms with Gasteiger partial charge in [-0.25, -0.2) is 4.99 Å². The minimum atomic E-state index is -0.247. The predicted molar refractivity (Wildman–Crippen MR) is 112 cm³/mol. The minimum Gasteiger partial charge on any atom is -0.377 e. The van der Waals surface area contributed by atoms with Gasteiger partial charge in [0.1, 0.15) is 12.4 Å². The summed E-state index contributed by atoms with van der Waals surface area (Å²) in [5.74, 6) is 3.64. The standard InChI is InChI=1S/C15H30N6OS.HI/c1-12-19-20-13(21(12)4)10-17-14(16-8-7-9-23-6)18-11-15(2,3)22-5;/h7-11H2,1-6H3,(H2,16,17,18);1H.